The molecule has 150 valence electrons. The number of phenols is 1. The van der Waals surface area contributed by atoms with Gasteiger partial charge in [-0.05, 0) is 48.0 Å². The van der Waals surface area contributed by atoms with Gasteiger partial charge in [0.15, 0.2) is 22.5 Å². The normalized spacial score (nSPS) is 11.0. The van der Waals surface area contributed by atoms with Crippen molar-refractivity contribution in [2.24, 2.45) is 12.1 Å². The number of halogens is 1. The Bertz CT molecular complexity index is 1040. The quantitative estimate of drug-likeness (QED) is 0.338. The Morgan fingerprint density at radius 3 is 2.79 bits per heavy atom. The number of benzene rings is 2. The van der Waals surface area contributed by atoms with E-state index in [9.17, 15) is 9.90 Å². The third kappa shape index (κ3) is 5.27. The molecule has 0 aliphatic heterocycles. The van der Waals surface area contributed by atoms with Gasteiger partial charge >= 0.3 is 0 Å². The average Bonchev–Trinajstić information content (AvgIpc) is 3.08. The van der Waals surface area contributed by atoms with Crippen LogP contribution in [-0.2, 0) is 11.8 Å². The molecule has 0 fully saturated rings. The summed E-state index contributed by atoms with van der Waals surface area (Å²) < 4.78 is 6.84. The van der Waals surface area contributed by atoms with Crippen LogP contribution in [-0.4, -0.2) is 44.9 Å². The molecule has 8 nitrogen and oxygen atoms in total. The summed E-state index contributed by atoms with van der Waals surface area (Å²) in [4.78, 5) is 12.0. The zero-order chi connectivity index (χ0) is 20.8. The average molecular weight is 432 g/mol. The maximum atomic E-state index is 12.0. The summed E-state index contributed by atoms with van der Waals surface area (Å²) in [5.74, 6) is 0.890. The number of aromatic nitrogens is 3. The smallest absolute Gasteiger partial charge is 0.250 e. The molecule has 2 aromatic carbocycles. The summed E-state index contributed by atoms with van der Waals surface area (Å²) in [7, 11) is 3.29. The Balaban J connectivity index is 1.55. The molecule has 0 atom stereocenters. The first kappa shape index (κ1) is 20.7. The standard InChI is InChI=1S/C19H18ClN5O3S/c1-25-18(13-4-6-14(20)7-5-13)23-24-19(25)29-11-17(27)22-21-10-12-3-8-15(26)16(9-12)28-2/h3-10,26H,11H2,1-2H3,(H,22,27). The van der Waals surface area contributed by atoms with Crippen LogP contribution in [0.4, 0.5) is 0 Å². The molecule has 29 heavy (non-hydrogen) atoms. The van der Waals surface area contributed by atoms with Gasteiger partial charge in [0.1, 0.15) is 0 Å². The Hall–Kier alpha value is -3.04. The Kier molecular flexibility index (Phi) is 6.73. The maximum absolute atomic E-state index is 12.0. The molecule has 3 rings (SSSR count). The predicted octanol–water partition coefficient (Wildman–Crippen LogP) is 3.09. The number of hydrogen-bond acceptors (Lipinski definition) is 7. The molecule has 3 aromatic rings. The van der Waals surface area contributed by atoms with Crippen LogP contribution in [0.15, 0.2) is 52.7 Å². The summed E-state index contributed by atoms with van der Waals surface area (Å²) in [6, 6.07) is 12.0. The molecule has 0 spiro atoms. The number of carbonyl (C=O) groups excluding carboxylic acids is 1. The number of nitrogens with zero attached hydrogens (tertiary/aromatic N) is 4. The van der Waals surface area contributed by atoms with E-state index in [-0.39, 0.29) is 17.4 Å². The molecular weight excluding hydrogens is 414 g/mol. The second-order valence-electron chi connectivity index (χ2n) is 5.89. The van der Waals surface area contributed by atoms with Crippen LogP contribution in [0, 0.1) is 0 Å². The van der Waals surface area contributed by atoms with E-state index in [0.717, 1.165) is 5.56 Å². The number of rotatable bonds is 7. The van der Waals surface area contributed by atoms with Crippen LogP contribution in [0.1, 0.15) is 5.56 Å². The monoisotopic (exact) mass is 431 g/mol. The van der Waals surface area contributed by atoms with Gasteiger partial charge < -0.3 is 14.4 Å². The van der Waals surface area contributed by atoms with Crippen molar-refractivity contribution in [1.82, 2.24) is 20.2 Å². The first-order valence-electron chi connectivity index (χ1n) is 8.45. The topological polar surface area (TPSA) is 102 Å². The van der Waals surface area contributed by atoms with E-state index in [4.69, 9.17) is 16.3 Å². The lowest BCUT2D eigenvalue weighted by Crippen LogP contribution is -2.19. The van der Waals surface area contributed by atoms with Crippen LogP contribution in [0.2, 0.25) is 5.02 Å². The highest BCUT2D eigenvalue weighted by molar-refractivity contribution is 7.99. The molecule has 0 saturated heterocycles. The van der Waals surface area contributed by atoms with Gasteiger partial charge in [0.25, 0.3) is 5.91 Å². The Morgan fingerprint density at radius 2 is 2.07 bits per heavy atom. The summed E-state index contributed by atoms with van der Waals surface area (Å²) >= 11 is 7.16. The Labute approximate surface area is 176 Å². The Morgan fingerprint density at radius 1 is 1.31 bits per heavy atom. The number of hydrogen-bond donors (Lipinski definition) is 2. The zero-order valence-corrected chi connectivity index (χ0v) is 17.2. The summed E-state index contributed by atoms with van der Waals surface area (Å²) in [6.45, 7) is 0. The molecule has 0 saturated carbocycles. The predicted molar refractivity (Wildman–Crippen MR) is 113 cm³/mol. The molecule has 1 amide bonds. The lowest BCUT2D eigenvalue weighted by Gasteiger charge is -2.04. The molecule has 0 unspecified atom stereocenters. The molecule has 0 bridgehead atoms. The van der Waals surface area contributed by atoms with Gasteiger partial charge in [0, 0.05) is 17.6 Å². The van der Waals surface area contributed by atoms with Crippen LogP contribution < -0.4 is 10.2 Å². The third-order valence-electron chi connectivity index (χ3n) is 3.88. The van der Waals surface area contributed by atoms with Crippen LogP contribution in [0.5, 0.6) is 11.5 Å². The molecule has 0 aliphatic carbocycles. The molecular formula is C19H18ClN5O3S. The van der Waals surface area contributed by atoms with E-state index in [0.29, 0.717) is 27.3 Å². The van der Waals surface area contributed by atoms with E-state index in [1.807, 2.05) is 23.7 Å². The number of carbonyl (C=O) groups is 1. The first-order valence-corrected chi connectivity index (χ1v) is 9.81. The fourth-order valence-electron chi connectivity index (χ4n) is 2.41. The number of phenolic OH excluding ortho intramolecular Hbond substituents is 1. The minimum atomic E-state index is -0.284. The van der Waals surface area contributed by atoms with E-state index >= 15 is 0 Å². The second-order valence-corrected chi connectivity index (χ2v) is 7.26. The number of amides is 1. The fraction of sp³-hybridized carbons (Fsp3) is 0.158. The zero-order valence-electron chi connectivity index (χ0n) is 15.7. The highest BCUT2D eigenvalue weighted by Crippen LogP contribution is 2.26. The summed E-state index contributed by atoms with van der Waals surface area (Å²) in [6.07, 6.45) is 1.46. The lowest BCUT2D eigenvalue weighted by atomic mass is 10.2. The minimum Gasteiger partial charge on any atom is -0.504 e. The number of methoxy groups -OCH3 is 1. The minimum absolute atomic E-state index is 0.0340. The summed E-state index contributed by atoms with van der Waals surface area (Å²) in [5, 5.41) is 23.0. The molecule has 0 radical (unpaired) electrons. The number of hydrazone groups is 1. The SMILES string of the molecule is COc1cc(C=NNC(=O)CSc2nnc(-c3ccc(Cl)cc3)n2C)ccc1O. The van der Waals surface area contributed by atoms with Gasteiger partial charge in [0.2, 0.25) is 0 Å². The second kappa shape index (κ2) is 9.44. The number of nitrogens with one attached hydrogen (secondary N) is 1. The van der Waals surface area contributed by atoms with Gasteiger partial charge in [-0.25, -0.2) is 5.43 Å². The van der Waals surface area contributed by atoms with Crippen molar-refractivity contribution in [3.05, 3.63) is 53.1 Å². The van der Waals surface area contributed by atoms with Gasteiger partial charge in [-0.3, -0.25) is 4.79 Å². The first-order chi connectivity index (χ1) is 14.0. The van der Waals surface area contributed by atoms with Gasteiger partial charge in [-0.15, -0.1) is 10.2 Å². The van der Waals surface area contributed by atoms with Crippen LogP contribution in [0.25, 0.3) is 11.4 Å². The van der Waals surface area contributed by atoms with Gasteiger partial charge in [-0.2, -0.15) is 5.10 Å². The molecule has 1 heterocycles. The van der Waals surface area contributed by atoms with Crippen molar-refractivity contribution in [2.45, 2.75) is 5.16 Å². The van der Waals surface area contributed by atoms with Crippen molar-refractivity contribution in [2.75, 3.05) is 12.9 Å². The lowest BCUT2D eigenvalue weighted by molar-refractivity contribution is -0.118. The van der Waals surface area contributed by atoms with Crippen LogP contribution in [0.3, 0.4) is 0 Å². The third-order valence-corrected chi connectivity index (χ3v) is 5.15. The number of aromatic hydroxyl groups is 1. The molecule has 1 aromatic heterocycles. The highest BCUT2D eigenvalue weighted by atomic mass is 35.5. The van der Waals surface area contributed by atoms with Crippen molar-refractivity contribution < 1.29 is 14.6 Å². The summed E-state index contributed by atoms with van der Waals surface area (Å²) in [5.41, 5.74) is 4.01. The van der Waals surface area contributed by atoms with Crippen molar-refractivity contribution in [3.8, 4) is 22.9 Å². The highest BCUT2D eigenvalue weighted by Gasteiger charge is 2.12. The van der Waals surface area contributed by atoms with Crippen LogP contribution >= 0.6 is 23.4 Å². The van der Waals surface area contributed by atoms with Crippen molar-refractivity contribution in [3.63, 3.8) is 0 Å². The van der Waals surface area contributed by atoms with E-state index in [2.05, 4.69) is 20.7 Å². The molecule has 2 N–H and O–H groups in total. The van der Waals surface area contributed by atoms with E-state index < -0.39 is 0 Å². The molecule has 10 heteroatoms. The maximum Gasteiger partial charge on any atom is 0.250 e. The molecule has 0 aliphatic rings. The van der Waals surface area contributed by atoms with Gasteiger partial charge in [0.05, 0.1) is 19.1 Å². The van der Waals surface area contributed by atoms with E-state index in [1.165, 1.54) is 31.2 Å². The van der Waals surface area contributed by atoms with Crippen molar-refractivity contribution >= 4 is 35.5 Å². The number of ether oxygens (including phenoxy) is 1. The fourth-order valence-corrected chi connectivity index (χ4v) is 3.24. The van der Waals surface area contributed by atoms with Crippen molar-refractivity contribution in [1.29, 1.82) is 0 Å². The number of thioether (sulfide) groups is 1. The van der Waals surface area contributed by atoms with E-state index in [1.54, 1.807) is 24.3 Å². The largest absolute Gasteiger partial charge is 0.504 e. The van der Waals surface area contributed by atoms with Gasteiger partial charge in [-0.1, -0.05) is 23.4 Å².